The Bertz CT molecular complexity index is 1160. The highest BCUT2D eigenvalue weighted by atomic mass is 16.2. The van der Waals surface area contributed by atoms with Gasteiger partial charge >= 0.3 is 0 Å². The second kappa shape index (κ2) is 10.6. The number of carbonyl (C=O) groups is 2. The van der Waals surface area contributed by atoms with Crippen LogP contribution < -0.4 is 0 Å². The van der Waals surface area contributed by atoms with Gasteiger partial charge in [-0.3, -0.25) is 9.59 Å². The molecule has 1 heterocycles. The van der Waals surface area contributed by atoms with E-state index < -0.39 is 0 Å². The van der Waals surface area contributed by atoms with Crippen molar-refractivity contribution in [2.45, 2.75) is 25.9 Å². The maximum Gasteiger partial charge on any atom is 0.170 e. The van der Waals surface area contributed by atoms with Crippen molar-refractivity contribution in [3.63, 3.8) is 0 Å². The summed E-state index contributed by atoms with van der Waals surface area (Å²) in [6.45, 7) is 2.95. The summed E-state index contributed by atoms with van der Waals surface area (Å²) >= 11 is 0. The molecule has 5 rings (SSSR count). The van der Waals surface area contributed by atoms with Gasteiger partial charge in [-0.25, -0.2) is 0 Å². The lowest BCUT2D eigenvalue weighted by Crippen LogP contribution is -2.33. The van der Waals surface area contributed by atoms with Crippen molar-refractivity contribution >= 4 is 17.6 Å². The standard InChI is InChI=1S/C31H30N2O2/c34-28-20-27(17-16-24-10-4-1-5-11-24)21-29(35)30(28)31-32(22-25-12-6-2-7-13-25)18-19-33(31)23-26-14-8-3-9-15-26/h1-17,27H,18-23H2/b17-16+. The van der Waals surface area contributed by atoms with Crippen LogP contribution in [0.25, 0.3) is 6.08 Å². The van der Waals surface area contributed by atoms with Gasteiger partial charge in [-0.05, 0) is 22.6 Å². The molecular formula is C31H30N2O2. The Morgan fingerprint density at radius 2 is 1.11 bits per heavy atom. The Kier molecular flexibility index (Phi) is 6.89. The minimum atomic E-state index is -0.0638. The predicted molar refractivity (Wildman–Crippen MR) is 139 cm³/mol. The van der Waals surface area contributed by atoms with E-state index in [9.17, 15) is 9.59 Å². The second-order valence-corrected chi connectivity index (χ2v) is 9.30. The van der Waals surface area contributed by atoms with E-state index in [1.54, 1.807) is 0 Å². The molecule has 1 aliphatic heterocycles. The molecule has 0 radical (unpaired) electrons. The fourth-order valence-electron chi connectivity index (χ4n) is 4.99. The molecule has 0 aromatic heterocycles. The lowest BCUT2D eigenvalue weighted by Gasteiger charge is -2.30. The minimum absolute atomic E-state index is 0.0445. The molecule has 2 aliphatic rings. The van der Waals surface area contributed by atoms with Crippen LogP contribution in [-0.4, -0.2) is 34.5 Å². The van der Waals surface area contributed by atoms with Crippen LogP contribution in [0.2, 0.25) is 0 Å². The Morgan fingerprint density at radius 1 is 0.657 bits per heavy atom. The van der Waals surface area contributed by atoms with Crippen LogP contribution in [0, 0.1) is 5.92 Å². The lowest BCUT2D eigenvalue weighted by atomic mass is 9.83. The third kappa shape index (κ3) is 5.43. The monoisotopic (exact) mass is 462 g/mol. The van der Waals surface area contributed by atoms with Gasteiger partial charge in [0.2, 0.25) is 0 Å². The Balaban J connectivity index is 1.43. The average molecular weight is 463 g/mol. The summed E-state index contributed by atoms with van der Waals surface area (Å²) in [5.41, 5.74) is 3.81. The molecule has 0 spiro atoms. The number of hydrogen-bond donors (Lipinski definition) is 0. The van der Waals surface area contributed by atoms with Gasteiger partial charge in [0.15, 0.2) is 11.6 Å². The van der Waals surface area contributed by atoms with Crippen LogP contribution in [0.4, 0.5) is 0 Å². The molecule has 2 fully saturated rings. The highest BCUT2D eigenvalue weighted by molar-refractivity contribution is 6.22. The second-order valence-electron chi connectivity index (χ2n) is 9.30. The lowest BCUT2D eigenvalue weighted by molar-refractivity contribution is -0.125. The van der Waals surface area contributed by atoms with Crippen molar-refractivity contribution in [2.24, 2.45) is 5.92 Å². The molecule has 0 unspecified atom stereocenters. The fraction of sp³-hybridized carbons (Fsp3) is 0.226. The van der Waals surface area contributed by atoms with Crippen LogP contribution in [0.15, 0.2) is 108 Å². The normalized spacial score (nSPS) is 18.7. The first kappa shape index (κ1) is 22.9. The summed E-state index contributed by atoms with van der Waals surface area (Å²) in [4.78, 5) is 31.3. The minimum Gasteiger partial charge on any atom is -0.351 e. The molecule has 0 N–H and O–H groups in total. The van der Waals surface area contributed by atoms with Gasteiger partial charge in [0.1, 0.15) is 11.4 Å². The van der Waals surface area contributed by atoms with Crippen LogP contribution in [0.1, 0.15) is 29.5 Å². The third-order valence-corrected chi connectivity index (χ3v) is 6.71. The first-order valence-electron chi connectivity index (χ1n) is 12.3. The van der Waals surface area contributed by atoms with E-state index in [0.717, 1.165) is 24.5 Å². The molecule has 1 aliphatic carbocycles. The van der Waals surface area contributed by atoms with E-state index >= 15 is 0 Å². The fourth-order valence-corrected chi connectivity index (χ4v) is 4.99. The molecule has 4 nitrogen and oxygen atoms in total. The molecule has 0 atom stereocenters. The highest BCUT2D eigenvalue weighted by Gasteiger charge is 2.37. The van der Waals surface area contributed by atoms with Gasteiger partial charge in [-0.2, -0.15) is 0 Å². The molecule has 3 aromatic carbocycles. The molecule has 3 aromatic rings. The zero-order valence-corrected chi connectivity index (χ0v) is 19.8. The molecular weight excluding hydrogens is 432 g/mol. The number of ketones is 2. The first-order valence-corrected chi connectivity index (χ1v) is 12.3. The maximum absolute atomic E-state index is 13.4. The summed E-state index contributed by atoms with van der Waals surface area (Å²) in [6, 6.07) is 30.5. The van der Waals surface area contributed by atoms with Gasteiger partial charge in [-0.1, -0.05) is 103 Å². The Morgan fingerprint density at radius 3 is 1.60 bits per heavy atom. The molecule has 35 heavy (non-hydrogen) atoms. The van der Waals surface area contributed by atoms with Gasteiger partial charge < -0.3 is 9.80 Å². The zero-order chi connectivity index (χ0) is 24.0. The van der Waals surface area contributed by atoms with Crippen LogP contribution >= 0.6 is 0 Å². The topological polar surface area (TPSA) is 40.6 Å². The molecule has 1 saturated carbocycles. The highest BCUT2D eigenvalue weighted by Crippen LogP contribution is 2.33. The number of Topliss-reactive ketones (excluding diaryl/α,β-unsaturated/α-hetero) is 2. The van der Waals surface area contributed by atoms with E-state index in [2.05, 4.69) is 34.1 Å². The van der Waals surface area contributed by atoms with E-state index in [1.165, 1.54) is 11.1 Å². The Hall–Kier alpha value is -3.92. The third-order valence-electron chi connectivity index (χ3n) is 6.71. The summed E-state index contributed by atoms with van der Waals surface area (Å²) in [5.74, 6) is 0.651. The molecule has 176 valence electrons. The predicted octanol–water partition coefficient (Wildman–Crippen LogP) is 5.48. The quantitative estimate of drug-likeness (QED) is 0.359. The Labute approximate surface area is 207 Å². The van der Waals surface area contributed by atoms with Crippen LogP contribution in [-0.2, 0) is 22.7 Å². The van der Waals surface area contributed by atoms with Crippen molar-refractivity contribution in [3.05, 3.63) is 125 Å². The first-order chi connectivity index (χ1) is 17.2. The molecule has 4 heteroatoms. The number of carbonyl (C=O) groups excluding carboxylic acids is 2. The van der Waals surface area contributed by atoms with E-state index in [1.807, 2.05) is 78.9 Å². The van der Waals surface area contributed by atoms with Crippen molar-refractivity contribution < 1.29 is 9.59 Å². The number of hydrogen-bond acceptors (Lipinski definition) is 4. The van der Waals surface area contributed by atoms with Crippen molar-refractivity contribution in [1.29, 1.82) is 0 Å². The van der Waals surface area contributed by atoms with Crippen molar-refractivity contribution in [2.75, 3.05) is 13.1 Å². The molecule has 0 bridgehead atoms. The SMILES string of the molecule is O=C1CC(/C=C/c2ccccc2)CC(=O)C1=C1N(Cc2ccccc2)CCN1Cc1ccccc1. The number of nitrogens with zero attached hydrogens (tertiary/aromatic N) is 2. The van der Waals surface area contributed by atoms with Crippen molar-refractivity contribution in [3.8, 4) is 0 Å². The number of benzene rings is 3. The maximum atomic E-state index is 13.4. The van der Waals surface area contributed by atoms with Crippen LogP contribution in [0.3, 0.4) is 0 Å². The smallest absolute Gasteiger partial charge is 0.170 e. The molecule has 0 amide bonds. The number of allylic oxidation sites excluding steroid dienone is 2. The van der Waals surface area contributed by atoms with Gasteiger partial charge in [0.05, 0.1) is 0 Å². The van der Waals surface area contributed by atoms with E-state index in [-0.39, 0.29) is 17.5 Å². The summed E-state index contributed by atoms with van der Waals surface area (Å²) in [6.07, 6.45) is 4.77. The van der Waals surface area contributed by atoms with Gasteiger partial charge in [0, 0.05) is 39.0 Å². The largest absolute Gasteiger partial charge is 0.351 e. The van der Waals surface area contributed by atoms with Crippen LogP contribution in [0.5, 0.6) is 0 Å². The van der Waals surface area contributed by atoms with E-state index in [4.69, 9.17) is 0 Å². The molecule has 1 saturated heterocycles. The number of rotatable bonds is 6. The van der Waals surface area contributed by atoms with Crippen molar-refractivity contribution in [1.82, 2.24) is 9.80 Å². The summed E-state index contributed by atoms with van der Waals surface area (Å²) < 4.78 is 0. The zero-order valence-electron chi connectivity index (χ0n) is 19.8. The summed E-state index contributed by atoms with van der Waals surface area (Å²) in [5, 5.41) is 0. The van der Waals surface area contributed by atoms with E-state index in [0.29, 0.717) is 31.5 Å². The average Bonchev–Trinajstić information content (AvgIpc) is 3.25. The summed E-state index contributed by atoms with van der Waals surface area (Å²) in [7, 11) is 0. The van der Waals surface area contributed by atoms with Gasteiger partial charge in [-0.15, -0.1) is 0 Å². The van der Waals surface area contributed by atoms with Gasteiger partial charge in [0.25, 0.3) is 0 Å².